The largest absolute Gasteiger partial charge is 0.482 e. The van der Waals surface area contributed by atoms with E-state index in [1.807, 2.05) is 0 Å². The first-order valence-corrected chi connectivity index (χ1v) is 7.89. The van der Waals surface area contributed by atoms with Gasteiger partial charge in [0, 0.05) is 19.5 Å². The molecule has 0 saturated carbocycles. The van der Waals surface area contributed by atoms with Gasteiger partial charge in [0.15, 0.2) is 6.61 Å². The number of benzene rings is 1. The van der Waals surface area contributed by atoms with Crippen molar-refractivity contribution >= 4 is 18.1 Å². The smallest absolute Gasteiger partial charge is 0.422 e. The Kier molecular flexibility index (Phi) is 5.96. The summed E-state index contributed by atoms with van der Waals surface area (Å²) in [5, 5.41) is 12.3. The van der Waals surface area contributed by atoms with Crippen molar-refractivity contribution in [3.05, 3.63) is 24.3 Å². The summed E-state index contributed by atoms with van der Waals surface area (Å²) in [5.74, 6) is 0.0460. The van der Waals surface area contributed by atoms with Crippen molar-refractivity contribution in [1.29, 1.82) is 0 Å². The predicted molar refractivity (Wildman–Crippen MR) is 87.4 cm³/mol. The fourth-order valence-electron chi connectivity index (χ4n) is 3.03. The third-order valence-corrected chi connectivity index (χ3v) is 4.28. The maximum Gasteiger partial charge on any atom is 0.422 e. The molecule has 2 rings (SSSR count). The summed E-state index contributed by atoms with van der Waals surface area (Å²) < 4.78 is 42.3. The Morgan fingerprint density at radius 2 is 2.08 bits per heavy atom. The van der Waals surface area contributed by atoms with E-state index in [2.05, 4.69) is 5.32 Å². The van der Waals surface area contributed by atoms with Gasteiger partial charge in [-0.3, -0.25) is 10.2 Å². The number of aldehydes is 1. The Balaban J connectivity index is 2.30. The van der Waals surface area contributed by atoms with Crippen molar-refractivity contribution in [2.45, 2.75) is 18.3 Å². The number of piperazine rings is 1. The molecule has 1 aromatic carbocycles. The molecular formula is C16H20F3N3O4. The highest BCUT2D eigenvalue weighted by molar-refractivity contribution is 5.69. The first-order valence-electron chi connectivity index (χ1n) is 7.89. The molecular weight excluding hydrogens is 355 g/mol. The van der Waals surface area contributed by atoms with Crippen LogP contribution in [0.2, 0.25) is 0 Å². The number of likely N-dealkylation sites (N-methyl/N-ethyl adjacent to an activating group) is 1. The number of anilines is 1. The molecule has 1 heterocycles. The number of carbonyl (C=O) groups excluding carboxylic acids is 1. The molecule has 0 aromatic heterocycles. The third kappa shape index (κ3) is 4.37. The molecule has 0 aliphatic carbocycles. The van der Waals surface area contributed by atoms with Gasteiger partial charge in [-0.15, -0.1) is 0 Å². The maximum atomic E-state index is 12.5. The number of nitrogens with zero attached hydrogens (tertiary/aromatic N) is 2. The van der Waals surface area contributed by atoms with E-state index in [-0.39, 0.29) is 31.8 Å². The SMILES string of the molecule is CNC1(CC=O)CN(c2ccccc2OCC(F)(F)F)CCN1C(=O)O. The van der Waals surface area contributed by atoms with Crippen LogP contribution in [0.25, 0.3) is 0 Å². The first kappa shape index (κ1) is 19.8. The molecule has 1 saturated heterocycles. The number of para-hydroxylation sites is 2. The number of ether oxygens (including phenoxy) is 1. The maximum absolute atomic E-state index is 12.5. The summed E-state index contributed by atoms with van der Waals surface area (Å²) in [5.41, 5.74) is -0.768. The number of carboxylic acid groups (broad SMARTS) is 1. The van der Waals surface area contributed by atoms with Crippen molar-refractivity contribution in [2.24, 2.45) is 0 Å². The topological polar surface area (TPSA) is 82.1 Å². The molecule has 1 atom stereocenters. The Morgan fingerprint density at radius 3 is 2.65 bits per heavy atom. The Hall–Kier alpha value is -2.49. The Morgan fingerprint density at radius 1 is 1.38 bits per heavy atom. The molecule has 0 bridgehead atoms. The van der Waals surface area contributed by atoms with Gasteiger partial charge in [-0.25, -0.2) is 4.79 Å². The number of amides is 1. The second-order valence-electron chi connectivity index (χ2n) is 5.88. The van der Waals surface area contributed by atoms with E-state index in [4.69, 9.17) is 4.74 Å². The lowest BCUT2D eigenvalue weighted by atomic mass is 10.0. The van der Waals surface area contributed by atoms with Gasteiger partial charge in [-0.2, -0.15) is 13.2 Å². The highest BCUT2D eigenvalue weighted by Crippen LogP contribution is 2.33. The van der Waals surface area contributed by atoms with E-state index in [0.29, 0.717) is 12.0 Å². The van der Waals surface area contributed by atoms with Gasteiger partial charge in [-0.1, -0.05) is 12.1 Å². The van der Waals surface area contributed by atoms with Gasteiger partial charge in [-0.05, 0) is 19.2 Å². The van der Waals surface area contributed by atoms with Crippen LogP contribution in [0.15, 0.2) is 24.3 Å². The molecule has 1 unspecified atom stereocenters. The van der Waals surface area contributed by atoms with Crippen LogP contribution in [-0.4, -0.2) is 67.5 Å². The van der Waals surface area contributed by atoms with Crippen molar-refractivity contribution in [2.75, 3.05) is 38.2 Å². The summed E-state index contributed by atoms with van der Waals surface area (Å²) in [6, 6.07) is 6.23. The van der Waals surface area contributed by atoms with Crippen LogP contribution in [0.5, 0.6) is 5.75 Å². The van der Waals surface area contributed by atoms with Gasteiger partial charge in [0.1, 0.15) is 17.7 Å². The van der Waals surface area contributed by atoms with E-state index in [9.17, 15) is 27.9 Å². The minimum absolute atomic E-state index is 0.0460. The molecule has 1 amide bonds. The quantitative estimate of drug-likeness (QED) is 0.740. The Labute approximate surface area is 148 Å². The molecule has 1 aliphatic heterocycles. The number of carbonyl (C=O) groups is 2. The van der Waals surface area contributed by atoms with Gasteiger partial charge < -0.3 is 19.5 Å². The average molecular weight is 375 g/mol. The van der Waals surface area contributed by atoms with Crippen LogP contribution >= 0.6 is 0 Å². The zero-order valence-corrected chi connectivity index (χ0v) is 14.1. The fourth-order valence-corrected chi connectivity index (χ4v) is 3.03. The molecule has 144 valence electrons. The van der Waals surface area contributed by atoms with Crippen molar-refractivity contribution in [3.63, 3.8) is 0 Å². The molecule has 10 heteroatoms. The van der Waals surface area contributed by atoms with Gasteiger partial charge in [0.2, 0.25) is 0 Å². The summed E-state index contributed by atoms with van der Waals surface area (Å²) in [6.07, 6.45) is -5.14. The van der Waals surface area contributed by atoms with Crippen LogP contribution in [0.1, 0.15) is 6.42 Å². The normalized spacial score (nSPS) is 20.8. The molecule has 0 spiro atoms. The highest BCUT2D eigenvalue weighted by atomic mass is 19.4. The highest BCUT2D eigenvalue weighted by Gasteiger charge is 2.43. The molecule has 1 aliphatic rings. The van der Waals surface area contributed by atoms with E-state index in [1.165, 1.54) is 13.1 Å². The molecule has 7 nitrogen and oxygen atoms in total. The lowest BCUT2D eigenvalue weighted by Gasteiger charge is -2.49. The zero-order valence-electron chi connectivity index (χ0n) is 14.1. The van der Waals surface area contributed by atoms with Crippen LogP contribution in [0, 0.1) is 0 Å². The summed E-state index contributed by atoms with van der Waals surface area (Å²) >= 11 is 0. The number of rotatable bonds is 6. The summed E-state index contributed by atoms with van der Waals surface area (Å²) in [4.78, 5) is 25.5. The Bertz CT molecular complexity index is 656. The van der Waals surface area contributed by atoms with Gasteiger partial charge >= 0.3 is 12.3 Å². The number of nitrogens with one attached hydrogen (secondary N) is 1. The fraction of sp³-hybridized carbons (Fsp3) is 0.500. The molecule has 1 aromatic rings. The van der Waals surface area contributed by atoms with Crippen LogP contribution < -0.4 is 15.0 Å². The molecule has 26 heavy (non-hydrogen) atoms. The van der Waals surface area contributed by atoms with E-state index >= 15 is 0 Å². The number of alkyl halides is 3. The van der Waals surface area contributed by atoms with Gasteiger partial charge in [0.25, 0.3) is 0 Å². The van der Waals surface area contributed by atoms with Gasteiger partial charge in [0.05, 0.1) is 12.2 Å². The number of hydrogen-bond acceptors (Lipinski definition) is 5. The first-order chi connectivity index (χ1) is 12.2. The number of halogens is 3. The summed E-state index contributed by atoms with van der Waals surface area (Å²) in [6.45, 7) is -1.01. The molecule has 1 fully saturated rings. The minimum atomic E-state index is -4.47. The van der Waals surface area contributed by atoms with Crippen molar-refractivity contribution in [3.8, 4) is 5.75 Å². The lowest BCUT2D eigenvalue weighted by molar-refractivity contribution is -0.153. The molecule has 2 N–H and O–H groups in total. The predicted octanol–water partition coefficient (Wildman–Crippen LogP) is 1.93. The van der Waals surface area contributed by atoms with Crippen molar-refractivity contribution < 1.29 is 32.6 Å². The van der Waals surface area contributed by atoms with Crippen LogP contribution in [0.4, 0.5) is 23.7 Å². The molecule has 0 radical (unpaired) electrons. The second-order valence-corrected chi connectivity index (χ2v) is 5.88. The zero-order chi connectivity index (χ0) is 19.4. The van der Waals surface area contributed by atoms with E-state index < -0.39 is 24.5 Å². The summed E-state index contributed by atoms with van der Waals surface area (Å²) in [7, 11) is 1.54. The lowest BCUT2D eigenvalue weighted by Crippen LogP contribution is -2.70. The van der Waals surface area contributed by atoms with Crippen molar-refractivity contribution in [1.82, 2.24) is 10.2 Å². The van der Waals surface area contributed by atoms with E-state index in [1.54, 1.807) is 23.1 Å². The number of hydrogen-bond donors (Lipinski definition) is 2. The van der Waals surface area contributed by atoms with Crippen LogP contribution in [-0.2, 0) is 4.79 Å². The third-order valence-electron chi connectivity index (χ3n) is 4.28. The minimum Gasteiger partial charge on any atom is -0.482 e. The average Bonchev–Trinajstić information content (AvgIpc) is 2.59. The standard InChI is InChI=1S/C16H20F3N3O4/c1-20-15(6-9-23)10-21(7-8-22(15)14(24)25)12-4-2-3-5-13(12)26-11-16(17,18)19/h2-5,9,20H,6-8,10-11H2,1H3,(H,24,25). The van der Waals surface area contributed by atoms with Crippen LogP contribution in [0.3, 0.4) is 0 Å². The monoisotopic (exact) mass is 375 g/mol. The van der Waals surface area contributed by atoms with E-state index in [0.717, 1.165) is 4.90 Å². The second kappa shape index (κ2) is 7.81.